The lowest BCUT2D eigenvalue weighted by Crippen LogP contribution is -2.40. The van der Waals surface area contributed by atoms with Crippen molar-refractivity contribution < 1.29 is 9.21 Å². The zero-order valence-electron chi connectivity index (χ0n) is 13.4. The maximum atomic E-state index is 12.5. The second-order valence-electron chi connectivity index (χ2n) is 5.88. The number of hydrogen-bond donors (Lipinski definition) is 0. The van der Waals surface area contributed by atoms with E-state index >= 15 is 0 Å². The maximum Gasteiger partial charge on any atom is 0.287 e. The van der Waals surface area contributed by atoms with Gasteiger partial charge in [-0.2, -0.15) is 0 Å². The number of carbonyl (C=O) groups is 1. The Bertz CT molecular complexity index is 965. The monoisotopic (exact) mass is 356 g/mol. The van der Waals surface area contributed by atoms with E-state index in [1.807, 2.05) is 5.38 Å². The molecule has 25 heavy (non-hydrogen) atoms. The quantitative estimate of drug-likeness (QED) is 0.673. The van der Waals surface area contributed by atoms with Gasteiger partial charge in [-0.15, -0.1) is 16.4 Å². The topological polar surface area (TPSA) is 81.2 Å². The average molecular weight is 356 g/mol. The van der Waals surface area contributed by atoms with Crippen LogP contribution in [0.2, 0.25) is 0 Å². The second-order valence-corrected chi connectivity index (χ2v) is 6.80. The van der Waals surface area contributed by atoms with Crippen molar-refractivity contribution in [3.8, 4) is 0 Å². The van der Waals surface area contributed by atoms with E-state index in [0.717, 1.165) is 0 Å². The maximum absolute atomic E-state index is 12.5. The SMILES string of the molecule is O=C(C=Cc1ccco1)N1CCC(n2nnc3ccsc3c2=O)CC1. The molecule has 4 rings (SSSR count). The Labute approximate surface area is 147 Å². The van der Waals surface area contributed by atoms with Crippen LogP contribution in [0.3, 0.4) is 0 Å². The fourth-order valence-corrected chi connectivity index (χ4v) is 3.75. The summed E-state index contributed by atoms with van der Waals surface area (Å²) >= 11 is 1.38. The Hall–Kier alpha value is -2.74. The van der Waals surface area contributed by atoms with Crippen molar-refractivity contribution in [2.75, 3.05) is 13.1 Å². The minimum atomic E-state index is -0.0949. The number of amides is 1. The molecule has 7 nitrogen and oxygen atoms in total. The summed E-state index contributed by atoms with van der Waals surface area (Å²) in [6.07, 6.45) is 6.12. The largest absolute Gasteiger partial charge is 0.465 e. The van der Waals surface area contributed by atoms with Gasteiger partial charge in [0.25, 0.3) is 5.56 Å². The van der Waals surface area contributed by atoms with Crippen molar-refractivity contribution in [2.24, 2.45) is 0 Å². The average Bonchev–Trinajstić information content (AvgIpc) is 3.32. The summed E-state index contributed by atoms with van der Waals surface area (Å²) < 4.78 is 7.28. The molecular formula is C17H16N4O3S. The first kappa shape index (κ1) is 15.8. The van der Waals surface area contributed by atoms with Gasteiger partial charge in [-0.1, -0.05) is 5.21 Å². The number of aromatic nitrogens is 3. The Morgan fingerprint density at radius 3 is 2.92 bits per heavy atom. The number of rotatable bonds is 3. The van der Waals surface area contributed by atoms with E-state index in [1.165, 1.54) is 22.1 Å². The van der Waals surface area contributed by atoms with E-state index in [0.29, 0.717) is 41.9 Å². The molecule has 0 aliphatic carbocycles. The molecule has 1 aliphatic rings. The fraction of sp³-hybridized carbons (Fsp3) is 0.294. The van der Waals surface area contributed by atoms with Crippen molar-refractivity contribution in [2.45, 2.75) is 18.9 Å². The molecule has 3 aromatic rings. The number of nitrogens with zero attached hydrogens (tertiary/aromatic N) is 4. The Morgan fingerprint density at radius 1 is 1.32 bits per heavy atom. The highest BCUT2D eigenvalue weighted by molar-refractivity contribution is 7.17. The van der Waals surface area contributed by atoms with Crippen LogP contribution in [0.15, 0.2) is 45.1 Å². The van der Waals surface area contributed by atoms with Crippen LogP contribution >= 0.6 is 11.3 Å². The predicted molar refractivity (Wildman–Crippen MR) is 94.3 cm³/mol. The molecule has 3 aromatic heterocycles. The van der Waals surface area contributed by atoms with Crippen LogP contribution in [-0.4, -0.2) is 38.9 Å². The molecule has 0 saturated carbocycles. The number of fused-ring (bicyclic) bond motifs is 1. The van der Waals surface area contributed by atoms with Crippen molar-refractivity contribution in [3.63, 3.8) is 0 Å². The van der Waals surface area contributed by atoms with E-state index < -0.39 is 0 Å². The molecule has 0 spiro atoms. The molecule has 0 aromatic carbocycles. The molecule has 8 heteroatoms. The standard InChI is InChI=1S/C17H16N4O3S/c22-15(4-3-13-2-1-10-24-13)20-8-5-12(6-9-20)21-17(23)16-14(18-19-21)7-11-25-16/h1-4,7,10-12H,5-6,8-9H2. The van der Waals surface area contributed by atoms with Crippen LogP contribution in [-0.2, 0) is 4.79 Å². The summed E-state index contributed by atoms with van der Waals surface area (Å²) in [5.74, 6) is 0.594. The molecule has 1 aliphatic heterocycles. The highest BCUT2D eigenvalue weighted by atomic mass is 32.1. The first-order valence-electron chi connectivity index (χ1n) is 8.05. The molecule has 0 unspecified atom stereocenters. The molecule has 4 heterocycles. The van der Waals surface area contributed by atoms with Gasteiger partial charge in [0, 0.05) is 19.2 Å². The molecule has 0 radical (unpaired) electrons. The molecule has 128 valence electrons. The van der Waals surface area contributed by atoms with Gasteiger partial charge in [-0.25, -0.2) is 4.68 Å². The summed E-state index contributed by atoms with van der Waals surface area (Å²) in [6, 6.07) is 5.34. The van der Waals surface area contributed by atoms with Gasteiger partial charge in [-0.3, -0.25) is 9.59 Å². The molecule has 0 atom stereocenters. The number of piperidine rings is 1. The number of thiophene rings is 1. The third kappa shape index (κ3) is 3.12. The first-order chi connectivity index (χ1) is 12.2. The molecule has 1 saturated heterocycles. The fourth-order valence-electron chi connectivity index (χ4n) is 3.00. The second kappa shape index (κ2) is 6.64. The van der Waals surface area contributed by atoms with Gasteiger partial charge in [0.05, 0.1) is 12.3 Å². The van der Waals surface area contributed by atoms with E-state index in [9.17, 15) is 9.59 Å². The van der Waals surface area contributed by atoms with Gasteiger partial charge in [0.15, 0.2) is 0 Å². The molecule has 1 amide bonds. The van der Waals surface area contributed by atoms with E-state index in [2.05, 4.69) is 10.3 Å². The predicted octanol–water partition coefficient (Wildman–Crippen LogP) is 2.32. The minimum absolute atomic E-state index is 0.0235. The zero-order chi connectivity index (χ0) is 17.2. The van der Waals surface area contributed by atoms with E-state index in [1.54, 1.807) is 35.4 Å². The van der Waals surface area contributed by atoms with Gasteiger partial charge < -0.3 is 9.32 Å². The normalized spacial score (nSPS) is 16.1. The number of likely N-dealkylation sites (tertiary alicyclic amines) is 1. The first-order valence-corrected chi connectivity index (χ1v) is 8.93. The van der Waals surface area contributed by atoms with Gasteiger partial charge >= 0.3 is 0 Å². The third-order valence-electron chi connectivity index (χ3n) is 4.35. The molecule has 1 fully saturated rings. The zero-order valence-corrected chi connectivity index (χ0v) is 14.2. The van der Waals surface area contributed by atoms with E-state index in [-0.39, 0.29) is 17.5 Å². The molecule has 0 bridgehead atoms. The van der Waals surface area contributed by atoms with Gasteiger partial charge in [0.2, 0.25) is 5.91 Å². The molecule has 0 N–H and O–H groups in total. The Balaban J connectivity index is 1.43. The Morgan fingerprint density at radius 2 is 2.16 bits per heavy atom. The number of hydrogen-bond acceptors (Lipinski definition) is 6. The summed E-state index contributed by atoms with van der Waals surface area (Å²) in [4.78, 5) is 26.5. The van der Waals surface area contributed by atoms with Crippen molar-refractivity contribution in [3.05, 3.63) is 52.0 Å². The smallest absolute Gasteiger partial charge is 0.287 e. The minimum Gasteiger partial charge on any atom is -0.465 e. The van der Waals surface area contributed by atoms with Crippen molar-refractivity contribution >= 4 is 33.5 Å². The Kier molecular flexibility index (Phi) is 4.19. The number of furan rings is 1. The van der Waals surface area contributed by atoms with Gasteiger partial charge in [0.1, 0.15) is 16.0 Å². The van der Waals surface area contributed by atoms with Crippen molar-refractivity contribution in [1.29, 1.82) is 0 Å². The van der Waals surface area contributed by atoms with Crippen LogP contribution in [0.25, 0.3) is 16.3 Å². The van der Waals surface area contributed by atoms with E-state index in [4.69, 9.17) is 4.42 Å². The molecular weight excluding hydrogens is 340 g/mol. The van der Waals surface area contributed by atoms with Crippen LogP contribution in [0.5, 0.6) is 0 Å². The summed E-state index contributed by atoms with van der Waals surface area (Å²) in [6.45, 7) is 1.17. The van der Waals surface area contributed by atoms with Crippen LogP contribution in [0.4, 0.5) is 0 Å². The van der Waals surface area contributed by atoms with Gasteiger partial charge in [-0.05, 0) is 42.5 Å². The van der Waals surface area contributed by atoms with Crippen LogP contribution in [0, 0.1) is 0 Å². The summed E-state index contributed by atoms with van der Waals surface area (Å²) in [5, 5.41) is 10.0. The number of carbonyl (C=O) groups excluding carboxylic acids is 1. The highest BCUT2D eigenvalue weighted by Crippen LogP contribution is 2.22. The van der Waals surface area contributed by atoms with Crippen molar-refractivity contribution in [1.82, 2.24) is 19.9 Å². The summed E-state index contributed by atoms with van der Waals surface area (Å²) in [7, 11) is 0. The lowest BCUT2D eigenvalue weighted by molar-refractivity contribution is -0.127. The lowest BCUT2D eigenvalue weighted by atomic mass is 10.1. The highest BCUT2D eigenvalue weighted by Gasteiger charge is 2.25. The van der Waals surface area contributed by atoms with Crippen LogP contribution in [0.1, 0.15) is 24.6 Å². The third-order valence-corrected chi connectivity index (χ3v) is 5.24. The van der Waals surface area contributed by atoms with Crippen LogP contribution < -0.4 is 5.56 Å². The lowest BCUT2D eigenvalue weighted by Gasteiger charge is -2.31. The summed E-state index contributed by atoms with van der Waals surface area (Å²) in [5.41, 5.74) is 0.546.